The van der Waals surface area contributed by atoms with Crippen LogP contribution >= 0.6 is 0 Å². The van der Waals surface area contributed by atoms with E-state index in [1.807, 2.05) is 0 Å². The number of ether oxygens (including phenoxy) is 1. The molecule has 1 aromatic rings. The van der Waals surface area contributed by atoms with E-state index in [0.29, 0.717) is 5.56 Å². The van der Waals surface area contributed by atoms with E-state index in [1.165, 1.54) is 0 Å². The number of Topliss-reactive ketones (excluding diaryl/α,β-unsaturated/α-hetero) is 2. The minimum Gasteiger partial charge on any atom is -0.467 e. The first-order valence-corrected chi connectivity index (χ1v) is 5.95. The van der Waals surface area contributed by atoms with Gasteiger partial charge in [0.15, 0.2) is 11.6 Å². The van der Waals surface area contributed by atoms with Crippen LogP contribution in [-0.4, -0.2) is 35.4 Å². The summed E-state index contributed by atoms with van der Waals surface area (Å²) in [6.45, 7) is 0. The maximum absolute atomic E-state index is 12.3. The molecule has 2 rings (SSSR count). The number of methoxy groups -OCH3 is 1. The molecule has 0 radical (unpaired) electrons. The Kier molecular flexibility index (Phi) is 3.48. The van der Waals surface area contributed by atoms with Crippen LogP contribution in [0.4, 0.5) is 0 Å². The van der Waals surface area contributed by atoms with Gasteiger partial charge in [0.2, 0.25) is 5.60 Å². The molecule has 0 spiro atoms. The van der Waals surface area contributed by atoms with Crippen LogP contribution < -0.4 is 0 Å². The van der Waals surface area contributed by atoms with Crippen LogP contribution in [0.3, 0.4) is 0 Å². The topological polar surface area (TPSA) is 80.7 Å². The standard InChI is InChI=1S/C14H14O5/c1-19-13(17)14(18)10(7-8-11(14)15)12(16)9-5-3-2-4-6-9/h2-6,10,18H,7-8H2,1H3/t10-,14-/m1/s1. The van der Waals surface area contributed by atoms with Crippen molar-refractivity contribution in [1.82, 2.24) is 0 Å². The fourth-order valence-corrected chi connectivity index (χ4v) is 2.41. The normalized spacial score (nSPS) is 26.2. The molecule has 1 fully saturated rings. The van der Waals surface area contributed by atoms with Gasteiger partial charge in [-0.25, -0.2) is 4.79 Å². The summed E-state index contributed by atoms with van der Waals surface area (Å²) >= 11 is 0. The molecule has 1 N–H and O–H groups in total. The molecule has 0 aromatic heterocycles. The molecule has 1 aliphatic carbocycles. The van der Waals surface area contributed by atoms with Gasteiger partial charge in [0.25, 0.3) is 0 Å². The Balaban J connectivity index is 2.37. The highest BCUT2D eigenvalue weighted by molar-refractivity contribution is 6.15. The zero-order valence-corrected chi connectivity index (χ0v) is 10.5. The number of hydrogen-bond acceptors (Lipinski definition) is 5. The summed E-state index contributed by atoms with van der Waals surface area (Å²) in [5, 5.41) is 10.3. The molecule has 0 bridgehead atoms. The number of hydrogen-bond donors (Lipinski definition) is 1. The maximum Gasteiger partial charge on any atom is 0.346 e. The summed E-state index contributed by atoms with van der Waals surface area (Å²) in [4.78, 5) is 35.7. The van der Waals surface area contributed by atoms with Crippen LogP contribution in [-0.2, 0) is 14.3 Å². The Bertz CT molecular complexity index is 522. The van der Waals surface area contributed by atoms with Crippen LogP contribution in [0.15, 0.2) is 30.3 Å². The molecule has 0 unspecified atom stereocenters. The summed E-state index contributed by atoms with van der Waals surface area (Å²) in [6.07, 6.45) is 0.146. The molecule has 0 aliphatic heterocycles. The Morgan fingerprint density at radius 2 is 1.95 bits per heavy atom. The summed E-state index contributed by atoms with van der Waals surface area (Å²) < 4.78 is 4.46. The van der Waals surface area contributed by atoms with E-state index < -0.39 is 29.1 Å². The minimum atomic E-state index is -2.35. The molecule has 100 valence electrons. The molecule has 19 heavy (non-hydrogen) atoms. The second-order valence-electron chi connectivity index (χ2n) is 4.50. The van der Waals surface area contributed by atoms with Gasteiger partial charge in [-0.2, -0.15) is 0 Å². The Hall–Kier alpha value is -2.01. The third kappa shape index (κ3) is 2.06. The summed E-state index contributed by atoms with van der Waals surface area (Å²) in [5.41, 5.74) is -1.98. The van der Waals surface area contributed by atoms with Gasteiger partial charge in [-0.3, -0.25) is 9.59 Å². The van der Waals surface area contributed by atoms with E-state index in [0.717, 1.165) is 7.11 Å². The molecule has 1 aromatic carbocycles. The zero-order chi connectivity index (χ0) is 14.0. The highest BCUT2D eigenvalue weighted by Crippen LogP contribution is 2.36. The van der Waals surface area contributed by atoms with E-state index in [1.54, 1.807) is 30.3 Å². The van der Waals surface area contributed by atoms with Crippen molar-refractivity contribution in [3.05, 3.63) is 35.9 Å². The van der Waals surface area contributed by atoms with Crippen LogP contribution in [0.1, 0.15) is 23.2 Å². The monoisotopic (exact) mass is 262 g/mol. The lowest BCUT2D eigenvalue weighted by Crippen LogP contribution is -2.51. The van der Waals surface area contributed by atoms with Crippen LogP contribution in [0.25, 0.3) is 0 Å². The molecule has 0 saturated heterocycles. The fourth-order valence-electron chi connectivity index (χ4n) is 2.41. The van der Waals surface area contributed by atoms with Crippen molar-refractivity contribution in [1.29, 1.82) is 0 Å². The lowest BCUT2D eigenvalue weighted by atomic mass is 9.84. The first-order chi connectivity index (χ1) is 9.01. The molecule has 1 saturated carbocycles. The van der Waals surface area contributed by atoms with E-state index in [9.17, 15) is 19.5 Å². The summed E-state index contributed by atoms with van der Waals surface area (Å²) in [7, 11) is 1.08. The quantitative estimate of drug-likeness (QED) is 0.494. The molecule has 0 heterocycles. The lowest BCUT2D eigenvalue weighted by molar-refractivity contribution is -0.168. The molecule has 1 aliphatic rings. The molecular weight excluding hydrogens is 248 g/mol. The Labute approximate surface area is 110 Å². The zero-order valence-electron chi connectivity index (χ0n) is 10.5. The molecular formula is C14H14O5. The minimum absolute atomic E-state index is 0.00512. The average Bonchev–Trinajstić information content (AvgIpc) is 2.75. The van der Waals surface area contributed by atoms with E-state index in [-0.39, 0.29) is 12.8 Å². The number of aliphatic hydroxyl groups is 1. The van der Waals surface area contributed by atoms with Gasteiger partial charge in [-0.05, 0) is 6.42 Å². The van der Waals surface area contributed by atoms with Crippen molar-refractivity contribution in [3.8, 4) is 0 Å². The second kappa shape index (κ2) is 4.93. The number of ketones is 2. The van der Waals surface area contributed by atoms with Gasteiger partial charge in [0, 0.05) is 12.0 Å². The maximum atomic E-state index is 12.3. The van der Waals surface area contributed by atoms with Gasteiger partial charge >= 0.3 is 5.97 Å². The average molecular weight is 262 g/mol. The van der Waals surface area contributed by atoms with Crippen LogP contribution in [0.2, 0.25) is 0 Å². The number of carbonyl (C=O) groups is 3. The van der Waals surface area contributed by atoms with Crippen LogP contribution in [0, 0.1) is 5.92 Å². The molecule has 0 amide bonds. The van der Waals surface area contributed by atoms with Crippen molar-refractivity contribution in [2.45, 2.75) is 18.4 Å². The second-order valence-corrected chi connectivity index (χ2v) is 4.50. The van der Waals surface area contributed by atoms with E-state index >= 15 is 0 Å². The van der Waals surface area contributed by atoms with Gasteiger partial charge in [-0.1, -0.05) is 30.3 Å². The lowest BCUT2D eigenvalue weighted by Gasteiger charge is -2.24. The van der Waals surface area contributed by atoms with Crippen molar-refractivity contribution >= 4 is 17.5 Å². The van der Waals surface area contributed by atoms with Crippen molar-refractivity contribution in [2.75, 3.05) is 7.11 Å². The largest absolute Gasteiger partial charge is 0.467 e. The number of benzene rings is 1. The van der Waals surface area contributed by atoms with E-state index in [4.69, 9.17) is 0 Å². The molecule has 5 heteroatoms. The van der Waals surface area contributed by atoms with Crippen molar-refractivity contribution in [3.63, 3.8) is 0 Å². The number of carbonyl (C=O) groups excluding carboxylic acids is 3. The van der Waals surface area contributed by atoms with Crippen molar-refractivity contribution < 1.29 is 24.2 Å². The highest BCUT2D eigenvalue weighted by Gasteiger charge is 2.58. The first-order valence-electron chi connectivity index (χ1n) is 5.95. The van der Waals surface area contributed by atoms with Gasteiger partial charge in [0.1, 0.15) is 0 Å². The van der Waals surface area contributed by atoms with Gasteiger partial charge in [-0.15, -0.1) is 0 Å². The highest BCUT2D eigenvalue weighted by atomic mass is 16.5. The summed E-state index contributed by atoms with van der Waals surface area (Å²) in [5.74, 6) is -3.22. The van der Waals surface area contributed by atoms with E-state index in [2.05, 4.69) is 4.74 Å². The summed E-state index contributed by atoms with van der Waals surface area (Å²) in [6, 6.07) is 8.29. The third-order valence-electron chi connectivity index (χ3n) is 3.46. The smallest absolute Gasteiger partial charge is 0.346 e. The van der Waals surface area contributed by atoms with Gasteiger partial charge in [0.05, 0.1) is 13.0 Å². The van der Waals surface area contributed by atoms with Gasteiger partial charge < -0.3 is 9.84 Å². The van der Waals surface area contributed by atoms with Crippen LogP contribution in [0.5, 0.6) is 0 Å². The predicted molar refractivity (Wildman–Crippen MR) is 65.5 cm³/mol. The Morgan fingerprint density at radius 3 is 2.53 bits per heavy atom. The predicted octanol–water partition coefficient (Wildman–Crippen LogP) is 0.752. The molecule has 5 nitrogen and oxygen atoms in total. The Morgan fingerprint density at radius 1 is 1.32 bits per heavy atom. The first kappa shape index (κ1) is 13.4. The fraction of sp³-hybridized carbons (Fsp3) is 0.357. The van der Waals surface area contributed by atoms with Crippen molar-refractivity contribution in [2.24, 2.45) is 5.92 Å². The number of rotatable bonds is 3. The number of esters is 1. The molecule has 2 atom stereocenters. The SMILES string of the molecule is COC(=O)[C@]1(O)C(=O)CC[C@@H]1C(=O)c1ccccc1. The third-order valence-corrected chi connectivity index (χ3v) is 3.46.